The molecule has 0 aliphatic heterocycles. The molecule has 4 rings (SSSR count). The molecule has 1 amide bonds. The first kappa shape index (κ1) is 31.3. The van der Waals surface area contributed by atoms with E-state index in [1.54, 1.807) is 6.92 Å². The van der Waals surface area contributed by atoms with Gasteiger partial charge in [-0.3, -0.25) is 4.79 Å². The van der Waals surface area contributed by atoms with Crippen molar-refractivity contribution in [3.63, 3.8) is 0 Å². The van der Waals surface area contributed by atoms with Gasteiger partial charge in [-0.15, -0.1) is 0 Å². The van der Waals surface area contributed by atoms with Crippen molar-refractivity contribution in [1.29, 1.82) is 0 Å². The van der Waals surface area contributed by atoms with E-state index in [2.05, 4.69) is 0 Å². The van der Waals surface area contributed by atoms with Gasteiger partial charge in [-0.25, -0.2) is 31.1 Å². The van der Waals surface area contributed by atoms with Gasteiger partial charge in [0.15, 0.2) is 29.3 Å². The molecule has 1 fully saturated rings. The van der Waals surface area contributed by atoms with E-state index in [9.17, 15) is 41.8 Å². The van der Waals surface area contributed by atoms with Crippen molar-refractivity contribution in [2.45, 2.75) is 62.4 Å². The summed E-state index contributed by atoms with van der Waals surface area (Å²) < 4.78 is 70.4. The highest BCUT2D eigenvalue weighted by Gasteiger charge is 2.38. The van der Waals surface area contributed by atoms with Crippen molar-refractivity contribution >= 4 is 29.5 Å². The molecule has 0 aromatic heterocycles. The maximum atomic E-state index is 14.3. The predicted octanol–water partition coefficient (Wildman–Crippen LogP) is 7.07. The Labute approximate surface area is 243 Å². The number of rotatable bonds is 9. The summed E-state index contributed by atoms with van der Waals surface area (Å²) in [5.74, 6) is -13.6. The minimum Gasteiger partial charge on any atom is -0.508 e. The molecule has 1 atom stereocenters. The van der Waals surface area contributed by atoms with Crippen LogP contribution < -0.4 is 4.90 Å². The molecule has 3 aromatic rings. The highest BCUT2D eigenvalue weighted by Crippen LogP contribution is 2.35. The monoisotopic (exact) mass is 608 g/mol. The Kier molecular flexibility index (Phi) is 9.78. The Morgan fingerprint density at radius 2 is 1.48 bits per heavy atom. The van der Waals surface area contributed by atoms with Gasteiger partial charge >= 0.3 is 5.97 Å². The molecule has 12 heteroatoms. The number of hydrogen-bond donors (Lipinski definition) is 2. The first-order chi connectivity index (χ1) is 19.9. The molecule has 2 N–H and O–H groups in total. The summed E-state index contributed by atoms with van der Waals surface area (Å²) >= 11 is -0.100. The van der Waals surface area contributed by atoms with Crippen molar-refractivity contribution in [2.75, 3.05) is 11.9 Å². The van der Waals surface area contributed by atoms with E-state index in [0.29, 0.717) is 21.4 Å². The van der Waals surface area contributed by atoms with Crippen LogP contribution in [0.25, 0.3) is 0 Å². The second-order valence-corrected chi connectivity index (χ2v) is 11.4. The third-order valence-electron chi connectivity index (χ3n) is 7.40. The van der Waals surface area contributed by atoms with Gasteiger partial charge in [0.25, 0.3) is 5.91 Å². The van der Waals surface area contributed by atoms with Crippen molar-refractivity contribution in [3.05, 3.63) is 88.2 Å². The van der Waals surface area contributed by atoms with Gasteiger partial charge in [-0.05, 0) is 67.4 Å². The topological polar surface area (TPSA) is 81.1 Å². The fourth-order valence-electron chi connectivity index (χ4n) is 5.00. The Hall–Kier alpha value is -3.64. The maximum Gasteiger partial charge on any atom is 0.331 e. The third kappa shape index (κ3) is 6.54. The van der Waals surface area contributed by atoms with Crippen LogP contribution in [0.5, 0.6) is 5.75 Å². The van der Waals surface area contributed by atoms with E-state index in [4.69, 9.17) is 0 Å². The number of carboxylic acids is 1. The number of anilines is 1. The average molecular weight is 609 g/mol. The van der Waals surface area contributed by atoms with Crippen LogP contribution in [0.3, 0.4) is 0 Å². The first-order valence-corrected chi connectivity index (χ1v) is 14.0. The molecule has 6 nitrogen and oxygen atoms in total. The van der Waals surface area contributed by atoms with Crippen LogP contribution in [-0.4, -0.2) is 39.5 Å². The van der Waals surface area contributed by atoms with Crippen molar-refractivity contribution in [2.24, 2.45) is 0 Å². The highest BCUT2D eigenvalue weighted by atomic mass is 32.2. The van der Waals surface area contributed by atoms with Gasteiger partial charge in [0.2, 0.25) is 5.82 Å². The Bertz CT molecular complexity index is 1450. The quantitative estimate of drug-likeness (QED) is 0.0890. The number of amides is 1. The molecule has 0 radical (unpaired) electrons. The number of carbonyl (C=O) groups is 2. The molecule has 3 aromatic carbocycles. The number of aromatic hydroxyl groups is 1. The normalized spacial score (nSPS) is 14.7. The van der Waals surface area contributed by atoms with Crippen molar-refractivity contribution in [1.82, 2.24) is 4.31 Å². The molecule has 0 spiro atoms. The van der Waals surface area contributed by atoms with Gasteiger partial charge in [-0.2, -0.15) is 0 Å². The molecule has 0 saturated heterocycles. The van der Waals surface area contributed by atoms with Gasteiger partial charge in [0.05, 0.1) is 6.54 Å². The molecule has 0 bridgehead atoms. The molecule has 1 unspecified atom stereocenters. The van der Waals surface area contributed by atoms with Crippen LogP contribution in [0.4, 0.5) is 27.6 Å². The number of carboxylic acid groups (broad SMARTS) is 1. The summed E-state index contributed by atoms with van der Waals surface area (Å²) in [6.07, 6.45) is 5.67. The largest absolute Gasteiger partial charge is 0.508 e. The number of benzene rings is 3. The number of halogens is 5. The van der Waals surface area contributed by atoms with Crippen molar-refractivity contribution in [3.8, 4) is 5.75 Å². The number of aliphatic carboxylic acids is 1. The molecule has 1 aliphatic carbocycles. The number of phenolic OH excluding ortho intramolecular Hbond substituents is 1. The minimum absolute atomic E-state index is 0.100. The zero-order valence-corrected chi connectivity index (χ0v) is 23.7. The van der Waals surface area contributed by atoms with Crippen molar-refractivity contribution < 1.29 is 41.8 Å². The molecule has 42 heavy (non-hydrogen) atoms. The van der Waals surface area contributed by atoms with E-state index >= 15 is 0 Å². The Morgan fingerprint density at radius 1 is 0.905 bits per heavy atom. The first-order valence-electron chi connectivity index (χ1n) is 13.3. The van der Waals surface area contributed by atoms with Crippen LogP contribution in [0.1, 0.15) is 54.7 Å². The number of likely N-dealkylation sites (N-methyl/N-ethyl adjacent to an activating group) is 1. The van der Waals surface area contributed by atoms with E-state index < -0.39 is 51.9 Å². The molecule has 1 aliphatic rings. The standard InChI is InChI=1S/C30H29F5N2O4S/c1-16-8-13-20(14-21(16)38)37(15-17-9-11-19(12-10-17)18-6-4-3-5-7-18)29(39)27(30(40)41)36(2)42-28-25(34)23(32)22(31)24(33)26(28)35/h8-14,18,27,38H,3-7,15H2,1-2H3,(H,40,41). The summed E-state index contributed by atoms with van der Waals surface area (Å²) in [5.41, 5.74) is 2.44. The number of phenols is 1. The second-order valence-electron chi connectivity index (χ2n) is 10.2. The summed E-state index contributed by atoms with van der Waals surface area (Å²) in [6.45, 7) is 1.50. The summed E-state index contributed by atoms with van der Waals surface area (Å²) in [4.78, 5) is 25.8. The zero-order valence-electron chi connectivity index (χ0n) is 22.8. The van der Waals surface area contributed by atoms with E-state index in [0.717, 1.165) is 43.2 Å². The number of carbonyl (C=O) groups excluding carboxylic acids is 1. The number of aryl methyl sites for hydroxylation is 1. The molecule has 0 heterocycles. The fraction of sp³-hybridized carbons (Fsp3) is 0.333. The average Bonchev–Trinajstić information content (AvgIpc) is 2.98. The van der Waals surface area contributed by atoms with E-state index in [-0.39, 0.29) is 29.9 Å². The minimum atomic E-state index is -2.36. The molecular formula is C30H29F5N2O4S. The number of nitrogens with zero attached hydrogens (tertiary/aromatic N) is 2. The SMILES string of the molecule is Cc1ccc(N(Cc2ccc(C3CCCCC3)cc2)C(=O)C(C(=O)O)N(C)Sc2c(F)c(F)c(F)c(F)c2F)cc1O. The van der Waals surface area contributed by atoms with Gasteiger partial charge < -0.3 is 15.1 Å². The van der Waals surface area contributed by atoms with E-state index in [1.807, 2.05) is 24.3 Å². The summed E-state index contributed by atoms with van der Waals surface area (Å²) in [7, 11) is 0.989. The summed E-state index contributed by atoms with van der Waals surface area (Å²) in [5, 5.41) is 20.3. The molecule has 1 saturated carbocycles. The van der Waals surface area contributed by atoms with Crippen LogP contribution >= 0.6 is 11.9 Å². The Balaban J connectivity index is 1.67. The lowest BCUT2D eigenvalue weighted by atomic mass is 9.84. The van der Waals surface area contributed by atoms with Crippen LogP contribution in [0.2, 0.25) is 0 Å². The van der Waals surface area contributed by atoms with Gasteiger partial charge in [0.1, 0.15) is 10.6 Å². The van der Waals surface area contributed by atoms with Crippen LogP contribution in [-0.2, 0) is 16.1 Å². The molecule has 224 valence electrons. The van der Waals surface area contributed by atoms with Gasteiger partial charge in [-0.1, -0.05) is 49.6 Å². The molecular weight excluding hydrogens is 579 g/mol. The zero-order chi connectivity index (χ0) is 30.7. The Morgan fingerprint density at radius 3 is 2.02 bits per heavy atom. The number of hydrogen-bond acceptors (Lipinski definition) is 5. The van der Waals surface area contributed by atoms with Gasteiger partial charge in [0, 0.05) is 11.8 Å². The summed E-state index contributed by atoms with van der Waals surface area (Å²) in [6, 6.07) is 9.75. The lowest BCUT2D eigenvalue weighted by Crippen LogP contribution is -2.49. The smallest absolute Gasteiger partial charge is 0.331 e. The second kappa shape index (κ2) is 13.1. The third-order valence-corrected chi connectivity index (χ3v) is 8.44. The van der Waals surface area contributed by atoms with E-state index in [1.165, 1.54) is 24.6 Å². The van der Waals surface area contributed by atoms with Crippen LogP contribution in [0.15, 0.2) is 47.4 Å². The predicted molar refractivity (Wildman–Crippen MR) is 148 cm³/mol. The fourth-order valence-corrected chi connectivity index (χ4v) is 5.91. The lowest BCUT2D eigenvalue weighted by molar-refractivity contribution is -0.145. The lowest BCUT2D eigenvalue weighted by Gasteiger charge is -2.30. The van der Waals surface area contributed by atoms with Crippen LogP contribution in [0, 0.1) is 36.0 Å². The highest BCUT2D eigenvalue weighted by molar-refractivity contribution is 7.97. The maximum absolute atomic E-state index is 14.3.